The van der Waals surface area contributed by atoms with Crippen LogP contribution in [-0.4, -0.2) is 54.8 Å². The SMILES string of the molecule is Cn1nccc1-c1nnc(SCCCN2CC[C@]3(C[C@@H]3c3ccc(C(F)(F)F)cc3)C2)n1C. The first kappa shape index (κ1) is 22.5. The quantitative estimate of drug-likeness (QED) is 0.369. The first-order chi connectivity index (χ1) is 15.8. The fourth-order valence-electron chi connectivity index (χ4n) is 5.06. The lowest BCUT2D eigenvalue weighted by Crippen LogP contribution is -2.23. The lowest BCUT2D eigenvalue weighted by molar-refractivity contribution is -0.137. The van der Waals surface area contributed by atoms with Gasteiger partial charge in [-0.15, -0.1) is 10.2 Å². The molecule has 0 radical (unpaired) electrons. The monoisotopic (exact) mass is 476 g/mol. The van der Waals surface area contributed by atoms with E-state index in [1.165, 1.54) is 12.1 Å². The molecule has 1 aromatic carbocycles. The number of hydrogen-bond acceptors (Lipinski definition) is 5. The van der Waals surface area contributed by atoms with Crippen LogP contribution in [0.1, 0.15) is 36.3 Å². The van der Waals surface area contributed by atoms with Gasteiger partial charge in [-0.25, -0.2) is 0 Å². The summed E-state index contributed by atoms with van der Waals surface area (Å²) in [5.41, 5.74) is 1.68. The summed E-state index contributed by atoms with van der Waals surface area (Å²) in [4.78, 5) is 2.50. The molecule has 2 aromatic heterocycles. The number of nitrogens with zero attached hydrogens (tertiary/aromatic N) is 6. The van der Waals surface area contributed by atoms with Crippen molar-refractivity contribution >= 4 is 11.8 Å². The van der Waals surface area contributed by atoms with Crippen LogP contribution in [0.15, 0.2) is 41.7 Å². The Labute approximate surface area is 195 Å². The van der Waals surface area contributed by atoms with Gasteiger partial charge in [0.25, 0.3) is 0 Å². The number of hydrogen-bond donors (Lipinski definition) is 0. The number of rotatable bonds is 7. The van der Waals surface area contributed by atoms with Crippen molar-refractivity contribution in [3.63, 3.8) is 0 Å². The van der Waals surface area contributed by atoms with E-state index in [1.807, 2.05) is 24.7 Å². The molecule has 3 heterocycles. The lowest BCUT2D eigenvalue weighted by atomic mass is 9.97. The summed E-state index contributed by atoms with van der Waals surface area (Å²) in [6.45, 7) is 3.13. The van der Waals surface area contributed by atoms with Gasteiger partial charge in [0.15, 0.2) is 11.0 Å². The van der Waals surface area contributed by atoms with Gasteiger partial charge in [-0.2, -0.15) is 18.3 Å². The molecule has 1 saturated heterocycles. The van der Waals surface area contributed by atoms with E-state index in [0.29, 0.717) is 5.92 Å². The molecule has 10 heteroatoms. The maximum absolute atomic E-state index is 12.8. The summed E-state index contributed by atoms with van der Waals surface area (Å²) in [5, 5.41) is 13.7. The minimum Gasteiger partial charge on any atom is -0.304 e. The van der Waals surface area contributed by atoms with Crippen molar-refractivity contribution in [3.8, 4) is 11.5 Å². The molecule has 0 amide bonds. The Morgan fingerprint density at radius 2 is 1.91 bits per heavy atom. The van der Waals surface area contributed by atoms with Gasteiger partial charge in [-0.05, 0) is 67.4 Å². The molecule has 1 spiro atoms. The number of benzene rings is 1. The van der Waals surface area contributed by atoms with Crippen LogP contribution >= 0.6 is 11.8 Å². The predicted molar refractivity (Wildman–Crippen MR) is 121 cm³/mol. The van der Waals surface area contributed by atoms with Gasteiger partial charge < -0.3 is 9.47 Å². The van der Waals surface area contributed by atoms with Gasteiger partial charge >= 0.3 is 6.18 Å². The van der Waals surface area contributed by atoms with Crippen molar-refractivity contribution in [3.05, 3.63) is 47.7 Å². The highest BCUT2D eigenvalue weighted by molar-refractivity contribution is 7.99. The third kappa shape index (κ3) is 4.42. The highest BCUT2D eigenvalue weighted by Crippen LogP contribution is 2.64. The Morgan fingerprint density at radius 1 is 1.12 bits per heavy atom. The van der Waals surface area contributed by atoms with Crippen molar-refractivity contribution < 1.29 is 13.2 Å². The Kier molecular flexibility index (Phi) is 5.76. The number of alkyl halides is 3. The molecule has 0 N–H and O–H groups in total. The van der Waals surface area contributed by atoms with Gasteiger partial charge in [0, 0.05) is 32.6 Å². The molecular formula is C23H27F3N6S. The van der Waals surface area contributed by atoms with Crippen LogP contribution in [0, 0.1) is 5.41 Å². The van der Waals surface area contributed by atoms with Crippen molar-refractivity contribution in [2.24, 2.45) is 19.5 Å². The minimum atomic E-state index is -4.27. The Balaban J connectivity index is 1.09. The van der Waals surface area contributed by atoms with Gasteiger partial charge in [0.1, 0.15) is 5.69 Å². The van der Waals surface area contributed by atoms with Crippen LogP contribution in [0.3, 0.4) is 0 Å². The summed E-state index contributed by atoms with van der Waals surface area (Å²) in [6.07, 6.45) is 0.747. The molecular weight excluding hydrogens is 449 g/mol. The molecule has 1 aliphatic carbocycles. The Bertz CT molecular complexity index is 1120. The molecule has 0 bridgehead atoms. The summed E-state index contributed by atoms with van der Waals surface area (Å²) in [7, 11) is 3.87. The van der Waals surface area contributed by atoms with E-state index in [1.54, 1.807) is 34.8 Å². The maximum atomic E-state index is 12.8. The van der Waals surface area contributed by atoms with Crippen LogP contribution in [0.5, 0.6) is 0 Å². The Hall–Kier alpha value is -2.33. The van der Waals surface area contributed by atoms with Gasteiger partial charge in [-0.1, -0.05) is 23.9 Å². The second kappa shape index (κ2) is 8.47. The van der Waals surface area contributed by atoms with Crippen LogP contribution in [0.4, 0.5) is 13.2 Å². The summed E-state index contributed by atoms with van der Waals surface area (Å²) < 4.78 is 42.3. The van der Waals surface area contributed by atoms with Gasteiger partial charge in [0.05, 0.1) is 5.56 Å². The van der Waals surface area contributed by atoms with Crippen molar-refractivity contribution in [2.75, 3.05) is 25.4 Å². The largest absolute Gasteiger partial charge is 0.416 e. The smallest absolute Gasteiger partial charge is 0.304 e. The summed E-state index contributed by atoms with van der Waals surface area (Å²) >= 11 is 1.71. The topological polar surface area (TPSA) is 51.8 Å². The first-order valence-electron chi connectivity index (χ1n) is 11.2. The number of thioether (sulfide) groups is 1. The third-order valence-corrected chi connectivity index (χ3v) is 8.14. The van der Waals surface area contributed by atoms with Crippen molar-refractivity contribution in [1.82, 2.24) is 29.4 Å². The van der Waals surface area contributed by atoms with E-state index in [-0.39, 0.29) is 5.41 Å². The molecule has 1 saturated carbocycles. The first-order valence-corrected chi connectivity index (χ1v) is 12.2. The molecule has 5 rings (SSSR count). The van der Waals surface area contributed by atoms with Crippen LogP contribution in [-0.2, 0) is 20.3 Å². The standard InChI is InChI=1S/C23H27F3N6S/c1-30-20(19-8-10-27-31(19)2)28-29-21(30)33-13-3-11-32-12-9-22(15-32)14-18(22)16-4-6-17(7-5-16)23(24,25)26/h4-8,10,18H,3,9,11-15H2,1-2H3/t18-,22+/m1/s1. The number of likely N-dealkylation sites (tertiary alicyclic amines) is 1. The lowest BCUT2D eigenvalue weighted by Gasteiger charge is -2.16. The number of halogens is 3. The summed E-state index contributed by atoms with van der Waals surface area (Å²) in [6, 6.07) is 7.71. The van der Waals surface area contributed by atoms with Crippen LogP contribution in [0.25, 0.3) is 11.5 Å². The average molecular weight is 477 g/mol. The highest BCUT2D eigenvalue weighted by Gasteiger charge is 2.57. The second-order valence-corrected chi connectivity index (χ2v) is 10.2. The molecule has 0 unspecified atom stereocenters. The third-order valence-electron chi connectivity index (χ3n) is 7.03. The molecule has 2 atom stereocenters. The molecule has 6 nitrogen and oxygen atoms in total. The zero-order valence-corrected chi connectivity index (χ0v) is 19.5. The number of aryl methyl sites for hydroxylation is 1. The fourth-order valence-corrected chi connectivity index (χ4v) is 5.89. The van der Waals surface area contributed by atoms with E-state index < -0.39 is 11.7 Å². The molecule has 2 aliphatic rings. The zero-order valence-electron chi connectivity index (χ0n) is 18.7. The predicted octanol–water partition coefficient (Wildman–Crippen LogP) is 4.60. The average Bonchev–Trinajstić information content (AvgIpc) is 3.05. The van der Waals surface area contributed by atoms with Crippen molar-refractivity contribution in [2.45, 2.75) is 36.5 Å². The highest BCUT2D eigenvalue weighted by atomic mass is 32.2. The zero-order chi connectivity index (χ0) is 23.2. The minimum absolute atomic E-state index is 0.258. The molecule has 2 fully saturated rings. The number of aromatic nitrogens is 5. The van der Waals surface area contributed by atoms with E-state index in [0.717, 1.165) is 66.9 Å². The van der Waals surface area contributed by atoms with Crippen LogP contribution < -0.4 is 0 Å². The van der Waals surface area contributed by atoms with Crippen LogP contribution in [0.2, 0.25) is 0 Å². The maximum Gasteiger partial charge on any atom is 0.416 e. The van der Waals surface area contributed by atoms with E-state index >= 15 is 0 Å². The Morgan fingerprint density at radius 3 is 2.61 bits per heavy atom. The van der Waals surface area contributed by atoms with Crippen molar-refractivity contribution in [1.29, 1.82) is 0 Å². The van der Waals surface area contributed by atoms with Gasteiger partial charge in [-0.3, -0.25) is 4.68 Å². The second-order valence-electron chi connectivity index (χ2n) is 9.17. The fraction of sp³-hybridized carbons (Fsp3) is 0.522. The molecule has 3 aromatic rings. The summed E-state index contributed by atoms with van der Waals surface area (Å²) in [5.74, 6) is 2.16. The van der Waals surface area contributed by atoms with E-state index in [9.17, 15) is 13.2 Å². The molecule has 176 valence electrons. The van der Waals surface area contributed by atoms with E-state index in [4.69, 9.17) is 0 Å². The molecule has 1 aliphatic heterocycles. The van der Waals surface area contributed by atoms with E-state index in [2.05, 4.69) is 20.2 Å². The van der Waals surface area contributed by atoms with Gasteiger partial charge in [0.2, 0.25) is 0 Å². The molecule has 33 heavy (non-hydrogen) atoms. The normalized spacial score (nSPS) is 23.0.